The van der Waals surface area contributed by atoms with Crippen LogP contribution < -0.4 is 5.32 Å². The van der Waals surface area contributed by atoms with Crippen molar-refractivity contribution in [2.75, 3.05) is 33.2 Å². The van der Waals surface area contributed by atoms with Crippen molar-refractivity contribution in [1.82, 2.24) is 15.1 Å². The summed E-state index contributed by atoms with van der Waals surface area (Å²) >= 11 is 3.55. The zero-order valence-electron chi connectivity index (χ0n) is 13.5. The fraction of sp³-hybridized carbons (Fsp3) is 0.588. The fourth-order valence-corrected chi connectivity index (χ4v) is 3.30. The topological polar surface area (TPSA) is 35.6 Å². The number of likely N-dealkylation sites (N-methyl/N-ethyl adjacent to an activating group) is 1. The summed E-state index contributed by atoms with van der Waals surface area (Å²) in [6.07, 6.45) is 2.22. The van der Waals surface area contributed by atoms with Crippen LogP contribution in [0, 0.1) is 0 Å². The van der Waals surface area contributed by atoms with Crippen LogP contribution in [-0.2, 0) is 11.3 Å². The van der Waals surface area contributed by atoms with Gasteiger partial charge in [0.15, 0.2) is 0 Å². The standard InChI is InChI=1S/C17H26BrN3O/c1-3-10-21(15-8-9-19-11-15)13-17(22)20(2)12-14-6-4-5-7-16(14)18/h4-7,15,19H,3,8-13H2,1-2H3. The molecule has 0 aromatic heterocycles. The predicted molar refractivity (Wildman–Crippen MR) is 93.8 cm³/mol. The van der Waals surface area contributed by atoms with Crippen molar-refractivity contribution in [2.24, 2.45) is 0 Å². The van der Waals surface area contributed by atoms with Crippen LogP contribution in [0.2, 0.25) is 0 Å². The number of rotatable bonds is 7. The molecule has 4 nitrogen and oxygen atoms in total. The van der Waals surface area contributed by atoms with Gasteiger partial charge in [0.05, 0.1) is 6.54 Å². The van der Waals surface area contributed by atoms with Crippen molar-refractivity contribution in [3.8, 4) is 0 Å². The second kappa shape index (κ2) is 8.65. The molecule has 0 aliphatic carbocycles. The molecule has 1 amide bonds. The zero-order valence-corrected chi connectivity index (χ0v) is 15.1. The minimum absolute atomic E-state index is 0.191. The Morgan fingerprint density at radius 1 is 1.41 bits per heavy atom. The number of benzene rings is 1. The van der Waals surface area contributed by atoms with Crippen molar-refractivity contribution in [2.45, 2.75) is 32.4 Å². The number of halogens is 1. The second-order valence-corrected chi connectivity index (χ2v) is 6.81. The van der Waals surface area contributed by atoms with E-state index in [1.54, 1.807) is 0 Å². The third-order valence-corrected chi connectivity index (χ3v) is 4.96. The lowest BCUT2D eigenvalue weighted by Gasteiger charge is -2.29. The largest absolute Gasteiger partial charge is 0.340 e. The molecule has 0 saturated carbocycles. The molecule has 0 spiro atoms. The van der Waals surface area contributed by atoms with Gasteiger partial charge < -0.3 is 10.2 Å². The van der Waals surface area contributed by atoms with Crippen LogP contribution in [0.4, 0.5) is 0 Å². The highest BCUT2D eigenvalue weighted by Gasteiger charge is 2.24. The maximum Gasteiger partial charge on any atom is 0.236 e. The number of hydrogen-bond acceptors (Lipinski definition) is 3. The quantitative estimate of drug-likeness (QED) is 0.803. The Bertz CT molecular complexity index is 489. The molecule has 0 radical (unpaired) electrons. The summed E-state index contributed by atoms with van der Waals surface area (Å²) in [5.41, 5.74) is 1.14. The van der Waals surface area contributed by atoms with Gasteiger partial charge in [0.2, 0.25) is 5.91 Å². The van der Waals surface area contributed by atoms with Gasteiger partial charge in [0.1, 0.15) is 0 Å². The minimum atomic E-state index is 0.191. The van der Waals surface area contributed by atoms with E-state index < -0.39 is 0 Å². The van der Waals surface area contributed by atoms with Crippen LogP contribution in [0.25, 0.3) is 0 Å². The average Bonchev–Trinajstić information content (AvgIpc) is 3.03. The molecule has 1 atom stereocenters. The van der Waals surface area contributed by atoms with Crippen LogP contribution in [0.5, 0.6) is 0 Å². The average molecular weight is 368 g/mol. The van der Waals surface area contributed by atoms with E-state index >= 15 is 0 Å². The Hall–Kier alpha value is -0.910. The first-order valence-corrected chi connectivity index (χ1v) is 8.83. The first-order valence-electron chi connectivity index (χ1n) is 8.04. The third kappa shape index (κ3) is 4.80. The molecule has 1 unspecified atom stereocenters. The van der Waals surface area contributed by atoms with E-state index in [1.807, 2.05) is 30.1 Å². The normalized spacial score (nSPS) is 17.9. The maximum absolute atomic E-state index is 12.5. The summed E-state index contributed by atoms with van der Waals surface area (Å²) in [6, 6.07) is 8.57. The van der Waals surface area contributed by atoms with Crippen molar-refractivity contribution in [3.63, 3.8) is 0 Å². The maximum atomic E-state index is 12.5. The Morgan fingerprint density at radius 3 is 2.82 bits per heavy atom. The highest BCUT2D eigenvalue weighted by molar-refractivity contribution is 9.10. The molecule has 1 saturated heterocycles. The minimum Gasteiger partial charge on any atom is -0.340 e. The Kier molecular flexibility index (Phi) is 6.86. The van der Waals surface area contributed by atoms with E-state index in [1.165, 1.54) is 0 Å². The molecule has 2 rings (SSSR count). The fourth-order valence-electron chi connectivity index (χ4n) is 2.89. The van der Waals surface area contributed by atoms with Gasteiger partial charge in [-0.3, -0.25) is 9.69 Å². The molecule has 1 N–H and O–H groups in total. The molecule has 5 heteroatoms. The zero-order chi connectivity index (χ0) is 15.9. The molecule has 1 aromatic rings. The lowest BCUT2D eigenvalue weighted by Crippen LogP contribution is -2.44. The van der Waals surface area contributed by atoms with E-state index in [4.69, 9.17) is 0 Å². The summed E-state index contributed by atoms with van der Waals surface area (Å²) in [6.45, 7) is 6.38. The SMILES string of the molecule is CCCN(CC(=O)N(C)Cc1ccccc1Br)C1CCNC1. The lowest BCUT2D eigenvalue weighted by atomic mass is 10.2. The molecule has 22 heavy (non-hydrogen) atoms. The van der Waals surface area contributed by atoms with Crippen LogP contribution in [-0.4, -0.2) is 55.0 Å². The van der Waals surface area contributed by atoms with Gasteiger partial charge in [0, 0.05) is 30.7 Å². The molecular formula is C17H26BrN3O. The van der Waals surface area contributed by atoms with Crippen molar-refractivity contribution in [1.29, 1.82) is 0 Å². The first kappa shape index (κ1) is 17.4. The van der Waals surface area contributed by atoms with Crippen molar-refractivity contribution in [3.05, 3.63) is 34.3 Å². The van der Waals surface area contributed by atoms with Gasteiger partial charge in [-0.05, 0) is 37.6 Å². The van der Waals surface area contributed by atoms with Gasteiger partial charge in [-0.25, -0.2) is 0 Å². The van der Waals surface area contributed by atoms with Crippen molar-refractivity contribution >= 4 is 21.8 Å². The summed E-state index contributed by atoms with van der Waals surface area (Å²) in [4.78, 5) is 16.7. The van der Waals surface area contributed by atoms with Gasteiger partial charge >= 0.3 is 0 Å². The molecule has 1 heterocycles. The third-order valence-electron chi connectivity index (χ3n) is 4.19. The highest BCUT2D eigenvalue weighted by atomic mass is 79.9. The van der Waals surface area contributed by atoms with E-state index in [-0.39, 0.29) is 5.91 Å². The van der Waals surface area contributed by atoms with E-state index in [2.05, 4.69) is 39.1 Å². The summed E-state index contributed by atoms with van der Waals surface area (Å²) < 4.78 is 1.06. The van der Waals surface area contributed by atoms with Gasteiger partial charge in [0.25, 0.3) is 0 Å². The Labute approximate surface area is 142 Å². The predicted octanol–water partition coefficient (Wildman–Crippen LogP) is 2.48. The number of nitrogens with one attached hydrogen (secondary N) is 1. The van der Waals surface area contributed by atoms with Crippen molar-refractivity contribution < 1.29 is 4.79 Å². The van der Waals surface area contributed by atoms with E-state index in [9.17, 15) is 4.79 Å². The molecule has 1 aliphatic rings. The number of carbonyl (C=O) groups is 1. The Balaban J connectivity index is 1.92. The second-order valence-electron chi connectivity index (χ2n) is 5.96. The summed E-state index contributed by atoms with van der Waals surface area (Å²) in [5, 5.41) is 3.39. The van der Waals surface area contributed by atoms with Gasteiger partial charge in [-0.2, -0.15) is 0 Å². The first-order chi connectivity index (χ1) is 10.6. The lowest BCUT2D eigenvalue weighted by molar-refractivity contribution is -0.132. The Morgan fingerprint density at radius 2 is 2.18 bits per heavy atom. The number of carbonyl (C=O) groups excluding carboxylic acids is 1. The molecule has 1 aliphatic heterocycles. The monoisotopic (exact) mass is 367 g/mol. The highest BCUT2D eigenvalue weighted by Crippen LogP contribution is 2.17. The van der Waals surface area contributed by atoms with Gasteiger partial charge in [-0.15, -0.1) is 0 Å². The van der Waals surface area contributed by atoms with Crippen LogP contribution in [0.15, 0.2) is 28.7 Å². The molecule has 1 aromatic carbocycles. The van der Waals surface area contributed by atoms with E-state index in [0.717, 1.165) is 42.5 Å². The molecule has 0 bridgehead atoms. The van der Waals surface area contributed by atoms with E-state index in [0.29, 0.717) is 19.1 Å². The number of amides is 1. The molecular weight excluding hydrogens is 342 g/mol. The van der Waals surface area contributed by atoms with Crippen LogP contribution in [0.3, 0.4) is 0 Å². The van der Waals surface area contributed by atoms with Crippen LogP contribution >= 0.6 is 15.9 Å². The number of nitrogens with zero attached hydrogens (tertiary/aromatic N) is 2. The summed E-state index contributed by atoms with van der Waals surface area (Å²) in [7, 11) is 1.89. The smallest absolute Gasteiger partial charge is 0.236 e. The summed E-state index contributed by atoms with van der Waals surface area (Å²) in [5.74, 6) is 0.191. The van der Waals surface area contributed by atoms with Gasteiger partial charge in [-0.1, -0.05) is 41.1 Å². The molecule has 1 fully saturated rings. The number of hydrogen-bond donors (Lipinski definition) is 1. The van der Waals surface area contributed by atoms with Crippen LogP contribution in [0.1, 0.15) is 25.3 Å². The molecule has 122 valence electrons.